The summed E-state index contributed by atoms with van der Waals surface area (Å²) in [5, 5.41) is 18.0. The second-order valence-corrected chi connectivity index (χ2v) is 4.88. The van der Waals surface area contributed by atoms with Crippen molar-refractivity contribution in [2.75, 3.05) is 0 Å². The predicted molar refractivity (Wildman–Crippen MR) is 63.6 cm³/mol. The second-order valence-electron chi connectivity index (χ2n) is 3.97. The molecule has 88 valence electrons. The molecule has 4 nitrogen and oxygen atoms in total. The number of carboxylic acids is 1. The predicted octanol–water partition coefficient (Wildman–Crippen LogP) is 2.56. The topological polar surface area (TPSA) is 70.3 Å². The van der Waals surface area contributed by atoms with Gasteiger partial charge in [0, 0.05) is 10.4 Å². The molecule has 1 saturated carbocycles. The fourth-order valence-corrected chi connectivity index (χ4v) is 1.94. The van der Waals surface area contributed by atoms with Crippen LogP contribution < -0.4 is 4.74 Å². The van der Waals surface area contributed by atoms with E-state index in [1.165, 1.54) is 0 Å². The minimum Gasteiger partial charge on any atom is -0.478 e. The Morgan fingerprint density at radius 1 is 1.59 bits per heavy atom. The lowest BCUT2D eigenvalue weighted by Crippen LogP contribution is -2.29. The highest BCUT2D eigenvalue weighted by atomic mass is 79.9. The highest BCUT2D eigenvalue weighted by molar-refractivity contribution is 9.10. The summed E-state index contributed by atoms with van der Waals surface area (Å²) in [6, 6.07) is 6.94. The number of benzene rings is 1. The van der Waals surface area contributed by atoms with E-state index in [1.807, 2.05) is 6.07 Å². The lowest BCUT2D eigenvalue weighted by molar-refractivity contribution is -0.146. The molecule has 0 bridgehead atoms. The van der Waals surface area contributed by atoms with E-state index in [0.717, 1.165) is 17.3 Å². The van der Waals surface area contributed by atoms with E-state index in [0.29, 0.717) is 11.3 Å². The molecule has 1 aliphatic rings. The van der Waals surface area contributed by atoms with Crippen molar-refractivity contribution in [3.63, 3.8) is 0 Å². The van der Waals surface area contributed by atoms with E-state index >= 15 is 0 Å². The first-order valence-electron chi connectivity index (χ1n) is 5.21. The Balaban J connectivity index is 2.22. The van der Waals surface area contributed by atoms with Gasteiger partial charge in [0.05, 0.1) is 5.56 Å². The molecule has 0 heterocycles. The van der Waals surface area contributed by atoms with E-state index in [-0.39, 0.29) is 5.92 Å². The lowest BCUT2D eigenvalue weighted by atomic mass is 10.2. The second kappa shape index (κ2) is 4.76. The molecule has 0 aliphatic heterocycles. The summed E-state index contributed by atoms with van der Waals surface area (Å²) in [5.74, 6) is -0.572. The maximum absolute atomic E-state index is 11.0. The molecule has 1 unspecified atom stereocenters. The Morgan fingerprint density at radius 2 is 2.29 bits per heavy atom. The van der Waals surface area contributed by atoms with Crippen LogP contribution in [0.1, 0.15) is 18.4 Å². The summed E-state index contributed by atoms with van der Waals surface area (Å²) in [6.07, 6.45) is 0.897. The molecule has 2 rings (SSSR count). The van der Waals surface area contributed by atoms with E-state index in [2.05, 4.69) is 15.9 Å². The van der Waals surface area contributed by atoms with Gasteiger partial charge in [0.25, 0.3) is 0 Å². The van der Waals surface area contributed by atoms with Crippen LogP contribution in [-0.2, 0) is 4.79 Å². The molecule has 1 fully saturated rings. The average molecular weight is 296 g/mol. The molecule has 0 spiro atoms. The smallest absolute Gasteiger partial charge is 0.345 e. The molecule has 0 amide bonds. The van der Waals surface area contributed by atoms with Crippen molar-refractivity contribution < 1.29 is 14.6 Å². The number of carboxylic acid groups (broad SMARTS) is 1. The Kier molecular flexibility index (Phi) is 3.34. The Labute approximate surface area is 107 Å². The normalized spacial score (nSPS) is 16.0. The van der Waals surface area contributed by atoms with Gasteiger partial charge in [-0.1, -0.05) is 15.9 Å². The van der Waals surface area contributed by atoms with Gasteiger partial charge in [0.2, 0.25) is 0 Å². The van der Waals surface area contributed by atoms with Crippen LogP contribution in [0.3, 0.4) is 0 Å². The Morgan fingerprint density at radius 3 is 2.82 bits per heavy atom. The van der Waals surface area contributed by atoms with Gasteiger partial charge in [-0.15, -0.1) is 0 Å². The summed E-state index contributed by atoms with van der Waals surface area (Å²) in [5.41, 5.74) is 0.339. The average Bonchev–Trinajstić information content (AvgIpc) is 3.10. The van der Waals surface area contributed by atoms with Crippen molar-refractivity contribution in [3.8, 4) is 11.8 Å². The molecule has 1 aliphatic carbocycles. The zero-order valence-electron chi connectivity index (χ0n) is 8.89. The molecule has 0 saturated heterocycles. The summed E-state index contributed by atoms with van der Waals surface area (Å²) >= 11 is 3.25. The van der Waals surface area contributed by atoms with Crippen LogP contribution in [0.25, 0.3) is 0 Å². The molecule has 0 aromatic heterocycles. The SMILES string of the molecule is N#Cc1cc(Br)ccc1OC(C(=O)O)C1CC1. The van der Waals surface area contributed by atoms with Crippen molar-refractivity contribution in [3.05, 3.63) is 28.2 Å². The van der Waals surface area contributed by atoms with Crippen LogP contribution in [0, 0.1) is 17.2 Å². The molecule has 1 aromatic rings. The summed E-state index contributed by atoms with van der Waals surface area (Å²) in [7, 11) is 0. The molecular weight excluding hydrogens is 286 g/mol. The van der Waals surface area contributed by atoms with Gasteiger partial charge in [-0.05, 0) is 31.0 Å². The third-order valence-corrected chi connectivity index (χ3v) is 3.10. The first-order chi connectivity index (χ1) is 8.11. The molecule has 5 heteroatoms. The van der Waals surface area contributed by atoms with Crippen molar-refractivity contribution >= 4 is 21.9 Å². The van der Waals surface area contributed by atoms with E-state index in [9.17, 15) is 4.79 Å². The summed E-state index contributed by atoms with van der Waals surface area (Å²) in [4.78, 5) is 11.0. The maximum Gasteiger partial charge on any atom is 0.345 e. The first-order valence-corrected chi connectivity index (χ1v) is 6.00. The first kappa shape index (κ1) is 11.9. The van der Waals surface area contributed by atoms with Gasteiger partial charge in [0.1, 0.15) is 11.8 Å². The summed E-state index contributed by atoms with van der Waals surface area (Å²) in [6.45, 7) is 0. The fraction of sp³-hybridized carbons (Fsp3) is 0.333. The zero-order chi connectivity index (χ0) is 12.4. The number of ether oxygens (including phenoxy) is 1. The van der Waals surface area contributed by atoms with Crippen LogP contribution in [-0.4, -0.2) is 17.2 Å². The van der Waals surface area contributed by atoms with Crippen molar-refractivity contribution in [1.82, 2.24) is 0 Å². The van der Waals surface area contributed by atoms with Gasteiger partial charge in [0.15, 0.2) is 6.10 Å². The van der Waals surface area contributed by atoms with Gasteiger partial charge in [-0.3, -0.25) is 0 Å². The third kappa shape index (κ3) is 2.77. The van der Waals surface area contributed by atoms with Gasteiger partial charge < -0.3 is 9.84 Å². The van der Waals surface area contributed by atoms with Crippen LogP contribution >= 0.6 is 15.9 Å². The number of hydrogen-bond donors (Lipinski definition) is 1. The molecule has 17 heavy (non-hydrogen) atoms. The quantitative estimate of drug-likeness (QED) is 0.927. The van der Waals surface area contributed by atoms with E-state index < -0.39 is 12.1 Å². The number of hydrogen-bond acceptors (Lipinski definition) is 3. The van der Waals surface area contributed by atoms with Gasteiger partial charge >= 0.3 is 5.97 Å². The van der Waals surface area contributed by atoms with Crippen molar-refractivity contribution in [2.24, 2.45) is 5.92 Å². The number of aliphatic carboxylic acids is 1. The zero-order valence-corrected chi connectivity index (χ0v) is 10.5. The van der Waals surface area contributed by atoms with Crippen LogP contribution in [0.4, 0.5) is 0 Å². The van der Waals surface area contributed by atoms with Crippen LogP contribution in [0.2, 0.25) is 0 Å². The number of halogens is 1. The Hall–Kier alpha value is -1.54. The molecular formula is C12H10BrNO3. The van der Waals surface area contributed by atoms with Gasteiger partial charge in [-0.25, -0.2) is 4.79 Å². The highest BCUT2D eigenvalue weighted by Crippen LogP contribution is 2.36. The number of nitrogens with zero attached hydrogens (tertiary/aromatic N) is 1. The highest BCUT2D eigenvalue weighted by Gasteiger charge is 2.38. The van der Waals surface area contributed by atoms with E-state index in [1.54, 1.807) is 18.2 Å². The molecule has 1 atom stereocenters. The fourth-order valence-electron chi connectivity index (χ4n) is 1.58. The minimum atomic E-state index is -0.973. The molecule has 1 N–H and O–H groups in total. The number of carbonyl (C=O) groups is 1. The molecule has 0 radical (unpaired) electrons. The van der Waals surface area contributed by atoms with Crippen molar-refractivity contribution in [2.45, 2.75) is 18.9 Å². The van der Waals surface area contributed by atoms with Crippen molar-refractivity contribution in [1.29, 1.82) is 5.26 Å². The standard InChI is InChI=1S/C12H10BrNO3/c13-9-3-4-10(8(5-9)6-14)17-11(12(15)16)7-1-2-7/h3-5,7,11H,1-2H2,(H,15,16). The van der Waals surface area contributed by atoms with Crippen LogP contribution in [0.15, 0.2) is 22.7 Å². The molecule has 1 aromatic carbocycles. The largest absolute Gasteiger partial charge is 0.478 e. The lowest BCUT2D eigenvalue weighted by Gasteiger charge is -2.15. The monoisotopic (exact) mass is 295 g/mol. The van der Waals surface area contributed by atoms with Gasteiger partial charge in [-0.2, -0.15) is 5.26 Å². The van der Waals surface area contributed by atoms with Crippen LogP contribution in [0.5, 0.6) is 5.75 Å². The minimum absolute atomic E-state index is 0.0719. The Bertz CT molecular complexity index is 491. The number of rotatable bonds is 4. The third-order valence-electron chi connectivity index (χ3n) is 2.61. The van der Waals surface area contributed by atoms with E-state index in [4.69, 9.17) is 15.1 Å². The maximum atomic E-state index is 11.0. The summed E-state index contributed by atoms with van der Waals surface area (Å²) < 4.78 is 6.20. The number of nitriles is 1.